The first kappa shape index (κ1) is 13.8. The molecule has 1 aromatic carbocycles. The molecular formula is C15H15N5S. The van der Waals surface area contributed by atoms with Crippen LogP contribution in [0, 0.1) is 6.92 Å². The van der Waals surface area contributed by atoms with Crippen molar-refractivity contribution in [3.8, 4) is 0 Å². The lowest BCUT2D eigenvalue weighted by Gasteiger charge is -2.07. The van der Waals surface area contributed by atoms with E-state index in [1.807, 2.05) is 44.2 Å². The summed E-state index contributed by atoms with van der Waals surface area (Å²) in [4.78, 5) is 17.5. The molecule has 0 aliphatic rings. The summed E-state index contributed by atoms with van der Waals surface area (Å²) in [6, 6.07) is 9.91. The van der Waals surface area contributed by atoms with Crippen molar-refractivity contribution in [2.45, 2.75) is 23.9 Å². The van der Waals surface area contributed by atoms with E-state index >= 15 is 0 Å². The SMILES string of the molecule is CCNc1cc(Sc2ncnc3ccccc23)nc(C)n1. The number of nitrogens with one attached hydrogen (secondary N) is 1. The summed E-state index contributed by atoms with van der Waals surface area (Å²) in [5, 5.41) is 6.03. The number of hydrogen-bond donors (Lipinski definition) is 1. The summed E-state index contributed by atoms with van der Waals surface area (Å²) in [6.07, 6.45) is 1.59. The van der Waals surface area contributed by atoms with E-state index < -0.39 is 0 Å². The van der Waals surface area contributed by atoms with Crippen molar-refractivity contribution in [3.05, 3.63) is 42.5 Å². The maximum Gasteiger partial charge on any atom is 0.130 e. The Morgan fingerprint density at radius 2 is 2.00 bits per heavy atom. The Kier molecular flexibility index (Phi) is 3.96. The highest BCUT2D eigenvalue weighted by Gasteiger charge is 2.08. The van der Waals surface area contributed by atoms with Gasteiger partial charge in [-0.15, -0.1) is 0 Å². The number of anilines is 1. The molecule has 0 bridgehead atoms. The molecule has 0 radical (unpaired) electrons. The average molecular weight is 297 g/mol. The van der Waals surface area contributed by atoms with Crippen molar-refractivity contribution >= 4 is 28.5 Å². The van der Waals surface area contributed by atoms with Crippen LogP contribution in [0.1, 0.15) is 12.7 Å². The summed E-state index contributed by atoms with van der Waals surface area (Å²) >= 11 is 1.53. The highest BCUT2D eigenvalue weighted by Crippen LogP contribution is 2.30. The third-order valence-electron chi connectivity index (χ3n) is 2.88. The normalized spacial score (nSPS) is 10.8. The van der Waals surface area contributed by atoms with Crippen molar-refractivity contribution in [2.75, 3.05) is 11.9 Å². The van der Waals surface area contributed by atoms with Gasteiger partial charge in [-0.1, -0.05) is 18.2 Å². The molecular weight excluding hydrogens is 282 g/mol. The van der Waals surface area contributed by atoms with Crippen LogP contribution in [0.3, 0.4) is 0 Å². The van der Waals surface area contributed by atoms with Crippen molar-refractivity contribution < 1.29 is 0 Å². The van der Waals surface area contributed by atoms with Gasteiger partial charge >= 0.3 is 0 Å². The van der Waals surface area contributed by atoms with Crippen LogP contribution < -0.4 is 5.32 Å². The van der Waals surface area contributed by atoms with Gasteiger partial charge in [-0.3, -0.25) is 0 Å². The Balaban J connectivity index is 1.98. The van der Waals surface area contributed by atoms with Gasteiger partial charge in [-0.05, 0) is 31.7 Å². The number of para-hydroxylation sites is 1. The number of benzene rings is 1. The molecule has 6 heteroatoms. The molecule has 0 atom stereocenters. The Bertz CT molecular complexity index is 770. The minimum absolute atomic E-state index is 0.745. The molecule has 21 heavy (non-hydrogen) atoms. The van der Waals surface area contributed by atoms with Gasteiger partial charge in [0.2, 0.25) is 0 Å². The Morgan fingerprint density at radius 3 is 2.86 bits per heavy atom. The monoisotopic (exact) mass is 297 g/mol. The van der Waals surface area contributed by atoms with Crippen LogP contribution in [0.4, 0.5) is 5.82 Å². The Hall–Kier alpha value is -2.21. The minimum Gasteiger partial charge on any atom is -0.370 e. The first-order valence-corrected chi connectivity index (χ1v) is 7.55. The first-order chi connectivity index (χ1) is 10.3. The van der Waals surface area contributed by atoms with Crippen LogP contribution in [0.15, 0.2) is 46.7 Å². The lowest BCUT2D eigenvalue weighted by Crippen LogP contribution is -2.02. The van der Waals surface area contributed by atoms with Gasteiger partial charge in [0.05, 0.1) is 5.52 Å². The van der Waals surface area contributed by atoms with E-state index in [0.717, 1.165) is 39.1 Å². The summed E-state index contributed by atoms with van der Waals surface area (Å²) in [6.45, 7) is 4.77. The fourth-order valence-electron chi connectivity index (χ4n) is 2.02. The molecule has 0 fully saturated rings. The van der Waals surface area contributed by atoms with Gasteiger partial charge in [0, 0.05) is 18.0 Å². The molecule has 0 saturated carbocycles. The predicted molar refractivity (Wildman–Crippen MR) is 84.6 cm³/mol. The second-order valence-electron chi connectivity index (χ2n) is 4.47. The molecule has 0 aliphatic heterocycles. The van der Waals surface area contributed by atoms with Crippen LogP contribution >= 0.6 is 11.8 Å². The van der Waals surface area contributed by atoms with Gasteiger partial charge in [0.25, 0.3) is 0 Å². The van der Waals surface area contributed by atoms with Crippen molar-refractivity contribution in [1.29, 1.82) is 0 Å². The predicted octanol–water partition coefficient (Wildman–Crippen LogP) is 3.31. The summed E-state index contributed by atoms with van der Waals surface area (Å²) in [5.41, 5.74) is 0.938. The standard InChI is InChI=1S/C15H15N5S/c1-3-16-13-8-14(20-10(2)19-13)21-15-11-6-4-5-7-12(11)17-9-18-15/h4-9H,3H2,1-2H3,(H,16,19,20). The fraction of sp³-hybridized carbons (Fsp3) is 0.200. The van der Waals surface area contributed by atoms with E-state index in [2.05, 4.69) is 25.3 Å². The molecule has 3 aromatic rings. The quantitative estimate of drug-likeness (QED) is 0.745. The second kappa shape index (κ2) is 6.05. The van der Waals surface area contributed by atoms with Gasteiger partial charge in [0.1, 0.15) is 28.0 Å². The summed E-state index contributed by atoms with van der Waals surface area (Å²) in [7, 11) is 0. The highest BCUT2D eigenvalue weighted by molar-refractivity contribution is 7.99. The van der Waals surface area contributed by atoms with Crippen LogP contribution in [-0.4, -0.2) is 26.5 Å². The minimum atomic E-state index is 0.745. The Labute approximate surface area is 127 Å². The smallest absolute Gasteiger partial charge is 0.130 e. The van der Waals surface area contributed by atoms with Gasteiger partial charge in [-0.2, -0.15) is 0 Å². The van der Waals surface area contributed by atoms with E-state index in [-0.39, 0.29) is 0 Å². The van der Waals surface area contributed by atoms with Crippen LogP contribution in [0.2, 0.25) is 0 Å². The van der Waals surface area contributed by atoms with Crippen molar-refractivity contribution in [3.63, 3.8) is 0 Å². The van der Waals surface area contributed by atoms with Crippen molar-refractivity contribution in [1.82, 2.24) is 19.9 Å². The molecule has 0 unspecified atom stereocenters. The molecule has 0 aliphatic carbocycles. The molecule has 1 N–H and O–H groups in total. The average Bonchev–Trinajstić information content (AvgIpc) is 2.47. The molecule has 0 saturated heterocycles. The molecule has 3 rings (SSSR count). The van der Waals surface area contributed by atoms with E-state index in [0.29, 0.717) is 0 Å². The zero-order valence-corrected chi connectivity index (χ0v) is 12.7. The second-order valence-corrected chi connectivity index (χ2v) is 5.48. The van der Waals surface area contributed by atoms with Crippen LogP contribution in [-0.2, 0) is 0 Å². The first-order valence-electron chi connectivity index (χ1n) is 6.73. The lowest BCUT2D eigenvalue weighted by atomic mass is 10.2. The zero-order chi connectivity index (χ0) is 14.7. The largest absolute Gasteiger partial charge is 0.370 e. The fourth-order valence-corrected chi connectivity index (χ4v) is 2.95. The van der Waals surface area contributed by atoms with Crippen LogP contribution in [0.5, 0.6) is 0 Å². The van der Waals surface area contributed by atoms with Gasteiger partial charge < -0.3 is 5.32 Å². The van der Waals surface area contributed by atoms with E-state index in [1.165, 1.54) is 11.8 Å². The molecule has 2 aromatic heterocycles. The number of nitrogens with zero attached hydrogens (tertiary/aromatic N) is 4. The van der Waals surface area contributed by atoms with Gasteiger partial charge in [-0.25, -0.2) is 19.9 Å². The lowest BCUT2D eigenvalue weighted by molar-refractivity contribution is 0.957. The van der Waals surface area contributed by atoms with E-state index in [9.17, 15) is 0 Å². The maximum absolute atomic E-state index is 4.47. The number of fused-ring (bicyclic) bond motifs is 1. The zero-order valence-electron chi connectivity index (χ0n) is 11.9. The summed E-state index contributed by atoms with van der Waals surface area (Å²) in [5.74, 6) is 1.58. The number of rotatable bonds is 4. The third kappa shape index (κ3) is 3.11. The molecule has 0 spiro atoms. The topological polar surface area (TPSA) is 63.6 Å². The number of hydrogen-bond acceptors (Lipinski definition) is 6. The molecule has 5 nitrogen and oxygen atoms in total. The molecule has 106 valence electrons. The number of aromatic nitrogens is 4. The molecule has 2 heterocycles. The van der Waals surface area contributed by atoms with E-state index in [1.54, 1.807) is 6.33 Å². The number of aryl methyl sites for hydroxylation is 1. The van der Waals surface area contributed by atoms with E-state index in [4.69, 9.17) is 0 Å². The van der Waals surface area contributed by atoms with Crippen LogP contribution in [0.25, 0.3) is 10.9 Å². The molecule has 0 amide bonds. The third-order valence-corrected chi connectivity index (χ3v) is 3.82. The summed E-state index contributed by atoms with van der Waals surface area (Å²) < 4.78 is 0. The van der Waals surface area contributed by atoms with Crippen molar-refractivity contribution in [2.24, 2.45) is 0 Å². The Morgan fingerprint density at radius 1 is 1.14 bits per heavy atom. The van der Waals surface area contributed by atoms with Gasteiger partial charge in [0.15, 0.2) is 0 Å². The highest BCUT2D eigenvalue weighted by atomic mass is 32.2. The maximum atomic E-state index is 4.47.